The first-order chi connectivity index (χ1) is 9.75. The quantitative estimate of drug-likeness (QED) is 0.828. The monoisotopic (exact) mass is 295 g/mol. The van der Waals surface area contributed by atoms with E-state index in [0.717, 1.165) is 38.4 Å². The van der Waals surface area contributed by atoms with Crippen LogP contribution >= 0.6 is 11.6 Å². The highest BCUT2D eigenvalue weighted by molar-refractivity contribution is 6.32. The van der Waals surface area contributed by atoms with Crippen molar-refractivity contribution < 1.29 is 9.53 Å². The molecule has 0 saturated carbocycles. The van der Waals surface area contributed by atoms with Crippen LogP contribution in [0.2, 0.25) is 5.02 Å². The van der Waals surface area contributed by atoms with Gasteiger partial charge in [-0.15, -0.1) is 0 Å². The maximum atomic E-state index is 12.3. The third kappa shape index (κ3) is 2.74. The number of ether oxygens (including phenoxy) is 1. The van der Waals surface area contributed by atoms with Gasteiger partial charge in [0.15, 0.2) is 0 Å². The molecule has 2 aliphatic heterocycles. The largest absolute Gasteiger partial charge is 0.381 e. The third-order valence-electron chi connectivity index (χ3n) is 3.91. The molecule has 0 aliphatic carbocycles. The summed E-state index contributed by atoms with van der Waals surface area (Å²) in [6, 6.07) is 3.67. The predicted molar refractivity (Wildman–Crippen MR) is 77.0 cm³/mol. The van der Waals surface area contributed by atoms with Gasteiger partial charge >= 0.3 is 0 Å². The lowest BCUT2D eigenvalue weighted by molar-refractivity contribution is -0.135. The molecule has 0 spiro atoms. The molecule has 1 aromatic rings. The first kappa shape index (κ1) is 13.6. The molecule has 3 heterocycles. The number of nitrogens with zero attached hydrogens (tertiary/aromatic N) is 3. The van der Waals surface area contributed by atoms with Crippen LogP contribution < -0.4 is 4.90 Å². The molecule has 0 unspecified atom stereocenters. The fourth-order valence-corrected chi connectivity index (χ4v) is 2.98. The number of aromatic nitrogens is 1. The van der Waals surface area contributed by atoms with Crippen molar-refractivity contribution in [1.82, 2.24) is 9.88 Å². The molecule has 2 saturated heterocycles. The average molecular weight is 296 g/mol. The highest BCUT2D eigenvalue weighted by Gasteiger charge is 2.30. The number of carbonyl (C=O) groups is 1. The van der Waals surface area contributed by atoms with Crippen LogP contribution in [0.3, 0.4) is 0 Å². The number of carbonyl (C=O) groups excluding carboxylic acids is 1. The molecule has 1 aromatic heterocycles. The summed E-state index contributed by atoms with van der Waals surface area (Å²) in [5, 5.41) is 0.663. The molecule has 3 rings (SSSR count). The van der Waals surface area contributed by atoms with E-state index < -0.39 is 0 Å². The SMILES string of the molecule is O=C([C@@H]1CCOC1)N1CCN(c2ncccc2Cl)CC1. The van der Waals surface area contributed by atoms with E-state index >= 15 is 0 Å². The van der Waals surface area contributed by atoms with Crippen LogP contribution in [-0.2, 0) is 9.53 Å². The molecular weight excluding hydrogens is 278 g/mol. The van der Waals surface area contributed by atoms with Crippen LogP contribution in [0.4, 0.5) is 5.82 Å². The number of amides is 1. The molecule has 1 amide bonds. The first-order valence-electron chi connectivity index (χ1n) is 6.97. The number of hydrogen-bond donors (Lipinski definition) is 0. The molecule has 6 heteroatoms. The van der Waals surface area contributed by atoms with Crippen molar-refractivity contribution in [3.05, 3.63) is 23.4 Å². The van der Waals surface area contributed by atoms with Crippen LogP contribution in [0.5, 0.6) is 0 Å². The Hall–Kier alpha value is -1.33. The van der Waals surface area contributed by atoms with Gasteiger partial charge in [-0.2, -0.15) is 0 Å². The zero-order valence-electron chi connectivity index (χ0n) is 11.3. The van der Waals surface area contributed by atoms with Gasteiger partial charge in [0.2, 0.25) is 5.91 Å². The Bertz CT molecular complexity index is 483. The highest BCUT2D eigenvalue weighted by Crippen LogP contribution is 2.24. The lowest BCUT2D eigenvalue weighted by Gasteiger charge is -2.36. The van der Waals surface area contributed by atoms with Crippen molar-refractivity contribution >= 4 is 23.3 Å². The number of pyridine rings is 1. The van der Waals surface area contributed by atoms with E-state index in [0.29, 0.717) is 18.2 Å². The van der Waals surface area contributed by atoms with Crippen molar-refractivity contribution in [2.45, 2.75) is 6.42 Å². The van der Waals surface area contributed by atoms with Gasteiger partial charge in [-0.05, 0) is 18.6 Å². The summed E-state index contributed by atoms with van der Waals surface area (Å²) in [5.74, 6) is 1.10. The predicted octanol–water partition coefficient (Wildman–Crippen LogP) is 1.42. The average Bonchev–Trinajstić information content (AvgIpc) is 3.01. The second-order valence-electron chi connectivity index (χ2n) is 5.18. The lowest BCUT2D eigenvalue weighted by Crippen LogP contribution is -2.50. The van der Waals surface area contributed by atoms with Crippen molar-refractivity contribution in [2.75, 3.05) is 44.3 Å². The minimum atomic E-state index is 0.0555. The van der Waals surface area contributed by atoms with Gasteiger partial charge in [0.05, 0.1) is 17.5 Å². The van der Waals surface area contributed by atoms with Crippen LogP contribution in [0.25, 0.3) is 0 Å². The molecule has 2 aliphatic rings. The Morgan fingerprint density at radius 1 is 1.35 bits per heavy atom. The number of hydrogen-bond acceptors (Lipinski definition) is 4. The van der Waals surface area contributed by atoms with E-state index in [1.54, 1.807) is 6.20 Å². The van der Waals surface area contributed by atoms with Gasteiger partial charge in [-0.1, -0.05) is 11.6 Å². The van der Waals surface area contributed by atoms with Gasteiger partial charge in [0.1, 0.15) is 5.82 Å². The molecule has 5 nitrogen and oxygen atoms in total. The zero-order chi connectivity index (χ0) is 13.9. The molecule has 0 radical (unpaired) electrons. The Morgan fingerprint density at radius 3 is 2.80 bits per heavy atom. The molecule has 1 atom stereocenters. The first-order valence-corrected chi connectivity index (χ1v) is 7.35. The van der Waals surface area contributed by atoms with Gasteiger partial charge in [-0.3, -0.25) is 4.79 Å². The van der Waals surface area contributed by atoms with Crippen LogP contribution in [0.1, 0.15) is 6.42 Å². The van der Waals surface area contributed by atoms with Gasteiger partial charge in [0.25, 0.3) is 0 Å². The molecule has 0 bridgehead atoms. The van der Waals surface area contributed by atoms with Crippen LogP contribution in [0, 0.1) is 5.92 Å². The Balaban J connectivity index is 1.59. The van der Waals surface area contributed by atoms with Gasteiger partial charge in [-0.25, -0.2) is 4.98 Å². The minimum absolute atomic E-state index is 0.0555. The van der Waals surface area contributed by atoms with E-state index in [1.165, 1.54) is 0 Å². The molecule has 20 heavy (non-hydrogen) atoms. The number of halogens is 1. The summed E-state index contributed by atoms with van der Waals surface area (Å²) in [5.41, 5.74) is 0. The standard InChI is InChI=1S/C14H18ClN3O2/c15-12-2-1-4-16-13(12)17-5-7-18(8-6-17)14(19)11-3-9-20-10-11/h1-2,4,11H,3,5-10H2/t11-/m1/s1. The molecule has 2 fully saturated rings. The van der Waals surface area contributed by atoms with Crippen molar-refractivity contribution in [2.24, 2.45) is 5.92 Å². The third-order valence-corrected chi connectivity index (χ3v) is 4.20. The summed E-state index contributed by atoms with van der Waals surface area (Å²) in [4.78, 5) is 20.7. The second-order valence-corrected chi connectivity index (χ2v) is 5.59. The molecule has 108 valence electrons. The Labute approximate surface area is 123 Å². The maximum absolute atomic E-state index is 12.3. The summed E-state index contributed by atoms with van der Waals surface area (Å²) < 4.78 is 5.29. The second kappa shape index (κ2) is 5.97. The number of anilines is 1. The van der Waals surface area contributed by atoms with Gasteiger partial charge < -0.3 is 14.5 Å². The van der Waals surface area contributed by atoms with E-state index in [4.69, 9.17) is 16.3 Å². The van der Waals surface area contributed by atoms with E-state index in [1.807, 2.05) is 17.0 Å². The number of piperazine rings is 1. The normalized spacial score (nSPS) is 23.1. The van der Waals surface area contributed by atoms with Crippen LogP contribution in [0.15, 0.2) is 18.3 Å². The van der Waals surface area contributed by atoms with Gasteiger partial charge in [0, 0.05) is 39.0 Å². The van der Waals surface area contributed by atoms with Crippen molar-refractivity contribution in [1.29, 1.82) is 0 Å². The van der Waals surface area contributed by atoms with Crippen LogP contribution in [-0.4, -0.2) is 55.2 Å². The molecular formula is C14H18ClN3O2. The minimum Gasteiger partial charge on any atom is -0.381 e. The highest BCUT2D eigenvalue weighted by atomic mass is 35.5. The van der Waals surface area contributed by atoms with E-state index in [9.17, 15) is 4.79 Å². The Kier molecular flexibility index (Phi) is 4.08. The van der Waals surface area contributed by atoms with E-state index in [2.05, 4.69) is 9.88 Å². The summed E-state index contributed by atoms with van der Waals surface area (Å²) >= 11 is 6.16. The van der Waals surface area contributed by atoms with Crippen molar-refractivity contribution in [3.63, 3.8) is 0 Å². The number of rotatable bonds is 2. The molecule has 0 N–H and O–H groups in total. The molecule has 0 aromatic carbocycles. The zero-order valence-corrected chi connectivity index (χ0v) is 12.1. The maximum Gasteiger partial charge on any atom is 0.228 e. The van der Waals surface area contributed by atoms with Crippen molar-refractivity contribution in [3.8, 4) is 0 Å². The summed E-state index contributed by atoms with van der Waals surface area (Å²) in [6.07, 6.45) is 2.60. The Morgan fingerprint density at radius 2 is 2.15 bits per heavy atom. The smallest absolute Gasteiger partial charge is 0.228 e. The summed E-state index contributed by atoms with van der Waals surface area (Å²) in [6.45, 7) is 4.28. The summed E-state index contributed by atoms with van der Waals surface area (Å²) in [7, 11) is 0. The lowest BCUT2D eigenvalue weighted by atomic mass is 10.1. The topological polar surface area (TPSA) is 45.7 Å². The van der Waals surface area contributed by atoms with E-state index in [-0.39, 0.29) is 11.8 Å². The fraction of sp³-hybridized carbons (Fsp3) is 0.571. The fourth-order valence-electron chi connectivity index (χ4n) is 2.74.